The zero-order valence-electron chi connectivity index (χ0n) is 7.84. The summed E-state index contributed by atoms with van der Waals surface area (Å²) in [5.74, 6) is 0. The average Bonchev–Trinajstić information content (AvgIpc) is 2.03. The van der Waals surface area contributed by atoms with Crippen LogP contribution in [0.15, 0.2) is 0 Å². The lowest BCUT2D eigenvalue weighted by Gasteiger charge is -2.20. The van der Waals surface area contributed by atoms with Gasteiger partial charge < -0.3 is 0 Å². The molecule has 0 heterocycles. The Balaban J connectivity index is 4.43. The molecular weight excluding hydrogens is 224 g/mol. The minimum Gasteiger partial charge on any atom is -0.287 e. The molecule has 86 valence electrons. The zero-order valence-corrected chi connectivity index (χ0v) is 8.73. The summed E-state index contributed by atoms with van der Waals surface area (Å²) in [7, 11) is -4.35. The molecule has 0 aromatic heterocycles. The first-order chi connectivity index (χ1) is 6.39. The third-order valence-corrected chi connectivity index (χ3v) is 2.61. The van der Waals surface area contributed by atoms with E-state index < -0.39 is 20.6 Å². The fraction of sp³-hybridized carbons (Fsp3) is 1.00. The highest BCUT2D eigenvalue weighted by Gasteiger charge is 2.42. The van der Waals surface area contributed by atoms with Gasteiger partial charge in [0.15, 0.2) is 6.67 Å². The Morgan fingerprint density at radius 3 is 1.93 bits per heavy atom. The van der Waals surface area contributed by atoms with E-state index in [0.717, 1.165) is 0 Å². The molecule has 0 N–H and O–H groups in total. The van der Waals surface area contributed by atoms with E-state index in [1.54, 1.807) is 0 Å². The highest BCUT2D eigenvalue weighted by Crippen LogP contribution is 2.53. The van der Waals surface area contributed by atoms with E-state index >= 15 is 0 Å². The predicted molar refractivity (Wildman–Crippen MR) is 42.9 cm³/mol. The van der Waals surface area contributed by atoms with Crippen LogP contribution in [0, 0.1) is 0 Å². The van der Waals surface area contributed by atoms with Gasteiger partial charge >= 0.3 is 13.9 Å². The lowest BCUT2D eigenvalue weighted by Crippen LogP contribution is -2.23. The van der Waals surface area contributed by atoms with Crippen LogP contribution in [0.5, 0.6) is 0 Å². The Bertz CT molecular complexity index is 201. The summed E-state index contributed by atoms with van der Waals surface area (Å²) >= 11 is 0. The van der Waals surface area contributed by atoms with Gasteiger partial charge in [-0.25, -0.2) is 13.5 Å². The molecule has 0 rings (SSSR count). The summed E-state index contributed by atoms with van der Waals surface area (Å²) in [6, 6.07) is 0. The van der Waals surface area contributed by atoms with E-state index in [1.165, 1.54) is 13.8 Å². The number of alkyl halides is 3. The average molecular weight is 236 g/mol. The maximum absolute atomic E-state index is 12.4. The summed E-state index contributed by atoms with van der Waals surface area (Å²) in [5, 5.41) is 0. The second kappa shape index (κ2) is 5.70. The standard InChI is InChI=1S/C6H12F3O4P/c1-3-11-14(10,12-4-2)13-6(8,9)5-7/h3-5H2,1-2H3. The second-order valence-corrected chi connectivity index (χ2v) is 3.74. The minimum absolute atomic E-state index is 0.139. The molecule has 0 unspecified atom stereocenters. The summed E-state index contributed by atoms with van der Waals surface area (Å²) in [6.07, 6.45) is -4.15. The van der Waals surface area contributed by atoms with Crippen molar-refractivity contribution in [2.75, 3.05) is 19.9 Å². The highest BCUT2D eigenvalue weighted by molar-refractivity contribution is 7.48. The Kier molecular flexibility index (Phi) is 5.66. The minimum atomic E-state index is -4.35. The third-order valence-electron chi connectivity index (χ3n) is 0.975. The normalized spacial score (nSPS) is 13.2. The van der Waals surface area contributed by atoms with Gasteiger partial charge in [0.2, 0.25) is 0 Å². The van der Waals surface area contributed by atoms with E-state index in [2.05, 4.69) is 13.6 Å². The smallest absolute Gasteiger partial charge is 0.287 e. The van der Waals surface area contributed by atoms with Crippen molar-refractivity contribution in [1.82, 2.24) is 0 Å². The number of rotatable bonds is 7. The van der Waals surface area contributed by atoms with Crippen LogP contribution in [-0.4, -0.2) is 26.0 Å². The summed E-state index contributed by atoms with van der Waals surface area (Å²) in [5.41, 5.74) is 0. The Labute approximate surface area is 80.0 Å². The van der Waals surface area contributed by atoms with Crippen LogP contribution in [-0.2, 0) is 18.1 Å². The molecule has 0 radical (unpaired) electrons. The van der Waals surface area contributed by atoms with Gasteiger partial charge in [-0.1, -0.05) is 0 Å². The number of phosphoric ester groups is 1. The van der Waals surface area contributed by atoms with Crippen LogP contribution < -0.4 is 0 Å². The summed E-state index contributed by atoms with van der Waals surface area (Å²) < 4.78 is 60.1. The molecule has 14 heavy (non-hydrogen) atoms. The lowest BCUT2D eigenvalue weighted by atomic mass is 10.7. The van der Waals surface area contributed by atoms with E-state index in [4.69, 9.17) is 0 Å². The van der Waals surface area contributed by atoms with Gasteiger partial charge in [-0.15, -0.1) is 0 Å². The van der Waals surface area contributed by atoms with Crippen LogP contribution >= 0.6 is 7.82 Å². The predicted octanol–water partition coefficient (Wildman–Crippen LogP) is 2.75. The van der Waals surface area contributed by atoms with Gasteiger partial charge in [-0.05, 0) is 13.8 Å². The Morgan fingerprint density at radius 2 is 1.64 bits per heavy atom. The first-order valence-electron chi connectivity index (χ1n) is 3.92. The van der Waals surface area contributed by atoms with Crippen molar-refractivity contribution in [3.05, 3.63) is 0 Å². The van der Waals surface area contributed by atoms with Gasteiger partial charge in [0.1, 0.15) is 0 Å². The number of halogens is 3. The summed E-state index contributed by atoms with van der Waals surface area (Å²) in [6.45, 7) is 0.474. The Morgan fingerprint density at radius 1 is 1.21 bits per heavy atom. The highest BCUT2D eigenvalue weighted by atomic mass is 31.2. The lowest BCUT2D eigenvalue weighted by molar-refractivity contribution is -0.199. The quantitative estimate of drug-likeness (QED) is 0.637. The van der Waals surface area contributed by atoms with E-state index in [-0.39, 0.29) is 13.2 Å². The zero-order chi connectivity index (χ0) is 11.2. The summed E-state index contributed by atoms with van der Waals surface area (Å²) in [4.78, 5) is 0. The fourth-order valence-corrected chi connectivity index (χ4v) is 1.78. The molecule has 0 aliphatic rings. The molecule has 0 saturated carbocycles. The molecule has 0 aromatic rings. The monoisotopic (exact) mass is 236 g/mol. The van der Waals surface area contributed by atoms with Gasteiger partial charge in [0.25, 0.3) is 0 Å². The second-order valence-electron chi connectivity index (χ2n) is 2.15. The first kappa shape index (κ1) is 13.9. The van der Waals surface area contributed by atoms with Crippen LogP contribution in [0.1, 0.15) is 13.8 Å². The topological polar surface area (TPSA) is 44.8 Å². The number of hydrogen-bond acceptors (Lipinski definition) is 4. The van der Waals surface area contributed by atoms with E-state index in [1.807, 2.05) is 0 Å². The molecule has 0 aromatic carbocycles. The van der Waals surface area contributed by atoms with E-state index in [9.17, 15) is 17.7 Å². The molecule has 0 aliphatic carbocycles. The Hall–Kier alpha value is -0.100. The molecule has 4 nitrogen and oxygen atoms in total. The molecule has 0 bridgehead atoms. The molecule has 8 heteroatoms. The number of hydrogen-bond donors (Lipinski definition) is 0. The van der Waals surface area contributed by atoms with Crippen molar-refractivity contribution < 1.29 is 31.3 Å². The molecule has 0 aliphatic heterocycles. The van der Waals surface area contributed by atoms with Crippen molar-refractivity contribution in [3.8, 4) is 0 Å². The van der Waals surface area contributed by atoms with Crippen LogP contribution in [0.2, 0.25) is 0 Å². The van der Waals surface area contributed by atoms with Gasteiger partial charge in [0, 0.05) is 0 Å². The van der Waals surface area contributed by atoms with Gasteiger partial charge in [-0.3, -0.25) is 9.05 Å². The molecule has 0 fully saturated rings. The number of phosphoric acid groups is 1. The first-order valence-corrected chi connectivity index (χ1v) is 5.39. The van der Waals surface area contributed by atoms with E-state index in [0.29, 0.717) is 0 Å². The fourth-order valence-electron chi connectivity index (χ4n) is 0.594. The van der Waals surface area contributed by atoms with Crippen LogP contribution in [0.3, 0.4) is 0 Å². The SMILES string of the molecule is CCOP(=O)(OCC)OC(F)(F)CF. The van der Waals surface area contributed by atoms with Crippen molar-refractivity contribution in [3.63, 3.8) is 0 Å². The van der Waals surface area contributed by atoms with Crippen molar-refractivity contribution >= 4 is 7.82 Å². The van der Waals surface area contributed by atoms with Crippen LogP contribution in [0.4, 0.5) is 13.2 Å². The third kappa shape index (κ3) is 4.95. The largest absolute Gasteiger partial charge is 0.479 e. The van der Waals surface area contributed by atoms with Crippen molar-refractivity contribution in [2.45, 2.75) is 20.0 Å². The molecule has 0 saturated heterocycles. The molecule has 0 amide bonds. The molecular formula is C6H12F3O4P. The van der Waals surface area contributed by atoms with Gasteiger partial charge in [-0.2, -0.15) is 8.78 Å². The maximum Gasteiger partial charge on any atom is 0.479 e. The maximum atomic E-state index is 12.4. The van der Waals surface area contributed by atoms with Crippen molar-refractivity contribution in [1.29, 1.82) is 0 Å². The van der Waals surface area contributed by atoms with Gasteiger partial charge in [0.05, 0.1) is 13.2 Å². The van der Waals surface area contributed by atoms with Crippen molar-refractivity contribution in [2.24, 2.45) is 0 Å². The van der Waals surface area contributed by atoms with Crippen LogP contribution in [0.25, 0.3) is 0 Å². The molecule has 0 atom stereocenters. The molecule has 0 spiro atoms.